The molecular formula is C20H24N4O2. The van der Waals surface area contributed by atoms with Gasteiger partial charge in [-0.15, -0.1) is 6.58 Å². The van der Waals surface area contributed by atoms with Crippen LogP contribution in [-0.4, -0.2) is 48.6 Å². The predicted octanol–water partition coefficient (Wildman–Crippen LogP) is 3.08. The molecular weight excluding hydrogens is 328 g/mol. The summed E-state index contributed by atoms with van der Waals surface area (Å²) in [5.41, 5.74) is 1.99. The Hall–Kier alpha value is -2.44. The molecule has 26 heavy (non-hydrogen) atoms. The van der Waals surface area contributed by atoms with E-state index in [-0.39, 0.29) is 5.79 Å². The highest BCUT2D eigenvalue weighted by Crippen LogP contribution is 2.33. The molecule has 6 nitrogen and oxygen atoms in total. The summed E-state index contributed by atoms with van der Waals surface area (Å²) in [4.78, 5) is 11.7. The average molecular weight is 352 g/mol. The van der Waals surface area contributed by atoms with Crippen LogP contribution in [0, 0.1) is 0 Å². The molecule has 2 aromatic rings. The molecule has 2 saturated heterocycles. The van der Waals surface area contributed by atoms with Crippen molar-refractivity contribution in [1.29, 1.82) is 0 Å². The van der Waals surface area contributed by atoms with Crippen molar-refractivity contribution in [3.8, 4) is 11.3 Å². The van der Waals surface area contributed by atoms with Gasteiger partial charge >= 0.3 is 0 Å². The Morgan fingerprint density at radius 2 is 1.85 bits per heavy atom. The minimum atomic E-state index is -0.379. The van der Waals surface area contributed by atoms with Gasteiger partial charge in [0.05, 0.1) is 18.9 Å². The number of aromatic nitrogens is 2. The lowest BCUT2D eigenvalue weighted by Crippen LogP contribution is -2.45. The summed E-state index contributed by atoms with van der Waals surface area (Å²) < 4.78 is 11.7. The van der Waals surface area contributed by atoms with Gasteiger partial charge in [-0.25, -0.2) is 4.98 Å². The molecule has 1 N–H and O–H groups in total. The molecule has 2 aliphatic heterocycles. The Morgan fingerprint density at radius 3 is 2.54 bits per heavy atom. The van der Waals surface area contributed by atoms with Crippen molar-refractivity contribution in [2.24, 2.45) is 0 Å². The van der Waals surface area contributed by atoms with Crippen LogP contribution in [0.1, 0.15) is 12.8 Å². The van der Waals surface area contributed by atoms with E-state index in [1.807, 2.05) is 18.2 Å². The third-order valence-corrected chi connectivity index (χ3v) is 4.85. The topological polar surface area (TPSA) is 59.5 Å². The molecule has 0 bridgehead atoms. The summed E-state index contributed by atoms with van der Waals surface area (Å²) in [6.07, 6.45) is 3.51. The zero-order chi connectivity index (χ0) is 17.8. The van der Waals surface area contributed by atoms with E-state index in [9.17, 15) is 0 Å². The molecule has 3 heterocycles. The minimum Gasteiger partial charge on any atom is -0.356 e. The quantitative estimate of drug-likeness (QED) is 0.835. The summed E-state index contributed by atoms with van der Waals surface area (Å²) in [5.74, 6) is 1.17. The number of anilines is 2. The number of hydrogen-bond donors (Lipinski definition) is 1. The summed E-state index contributed by atoms with van der Waals surface area (Å²) in [5, 5.41) is 3.22. The van der Waals surface area contributed by atoms with Gasteiger partial charge in [0, 0.05) is 44.1 Å². The van der Waals surface area contributed by atoms with Gasteiger partial charge in [0.25, 0.3) is 0 Å². The van der Waals surface area contributed by atoms with E-state index < -0.39 is 0 Å². The molecule has 136 valence electrons. The van der Waals surface area contributed by atoms with Crippen molar-refractivity contribution in [3.63, 3.8) is 0 Å². The second-order valence-corrected chi connectivity index (χ2v) is 6.57. The van der Waals surface area contributed by atoms with Crippen LogP contribution in [0.3, 0.4) is 0 Å². The molecule has 1 aromatic carbocycles. The second-order valence-electron chi connectivity index (χ2n) is 6.57. The highest BCUT2D eigenvalue weighted by Gasteiger charge is 2.40. The lowest BCUT2D eigenvalue weighted by Gasteiger charge is -2.38. The highest BCUT2D eigenvalue weighted by atomic mass is 16.7. The van der Waals surface area contributed by atoms with Crippen molar-refractivity contribution in [1.82, 2.24) is 9.97 Å². The van der Waals surface area contributed by atoms with Crippen LogP contribution in [0.15, 0.2) is 49.1 Å². The fourth-order valence-electron chi connectivity index (χ4n) is 3.46. The first kappa shape index (κ1) is 17.0. The van der Waals surface area contributed by atoms with E-state index in [0.29, 0.717) is 25.7 Å². The largest absolute Gasteiger partial charge is 0.356 e. The van der Waals surface area contributed by atoms with Crippen molar-refractivity contribution >= 4 is 11.8 Å². The zero-order valence-corrected chi connectivity index (χ0v) is 14.9. The number of rotatable bonds is 5. The Bertz CT molecular complexity index is 750. The lowest BCUT2D eigenvalue weighted by molar-refractivity contribution is -0.169. The fraction of sp³-hybridized carbons (Fsp3) is 0.400. The van der Waals surface area contributed by atoms with E-state index in [1.54, 1.807) is 6.08 Å². The number of benzene rings is 1. The van der Waals surface area contributed by atoms with Gasteiger partial charge in [0.2, 0.25) is 5.95 Å². The Labute approximate surface area is 153 Å². The number of hydrogen-bond acceptors (Lipinski definition) is 6. The van der Waals surface area contributed by atoms with Gasteiger partial charge in [-0.3, -0.25) is 0 Å². The predicted molar refractivity (Wildman–Crippen MR) is 102 cm³/mol. The molecule has 0 amide bonds. The third-order valence-electron chi connectivity index (χ3n) is 4.85. The maximum Gasteiger partial charge on any atom is 0.225 e. The second kappa shape index (κ2) is 7.43. The molecule has 0 saturated carbocycles. The smallest absolute Gasteiger partial charge is 0.225 e. The number of nitrogens with one attached hydrogen (secondary N) is 1. The van der Waals surface area contributed by atoms with Gasteiger partial charge in [-0.1, -0.05) is 36.4 Å². The van der Waals surface area contributed by atoms with E-state index in [2.05, 4.69) is 40.0 Å². The third kappa shape index (κ3) is 3.57. The van der Waals surface area contributed by atoms with Gasteiger partial charge in [-0.05, 0) is 0 Å². The van der Waals surface area contributed by atoms with E-state index in [1.165, 1.54) is 0 Å². The van der Waals surface area contributed by atoms with Crippen molar-refractivity contribution in [3.05, 3.63) is 49.1 Å². The summed E-state index contributed by atoms with van der Waals surface area (Å²) in [6.45, 7) is 7.48. The first-order valence-corrected chi connectivity index (χ1v) is 9.10. The first-order chi connectivity index (χ1) is 12.8. The van der Waals surface area contributed by atoms with Gasteiger partial charge in [0.15, 0.2) is 5.79 Å². The molecule has 1 aromatic heterocycles. The SMILES string of the molecule is C=CCNc1nc(-c2ccccc2)cc(N2CCC3(CC2)OCCO3)n1. The minimum absolute atomic E-state index is 0.379. The number of nitrogens with zero attached hydrogens (tertiary/aromatic N) is 3. The fourth-order valence-corrected chi connectivity index (χ4v) is 3.46. The van der Waals surface area contributed by atoms with Crippen molar-refractivity contribution in [2.75, 3.05) is 43.1 Å². The van der Waals surface area contributed by atoms with Crippen LogP contribution in [0.4, 0.5) is 11.8 Å². The Kier molecular flexibility index (Phi) is 4.86. The Morgan fingerprint density at radius 1 is 1.12 bits per heavy atom. The van der Waals surface area contributed by atoms with Crippen LogP contribution < -0.4 is 10.2 Å². The zero-order valence-electron chi connectivity index (χ0n) is 14.9. The molecule has 0 radical (unpaired) electrons. The molecule has 4 rings (SSSR count). The average Bonchev–Trinajstić information content (AvgIpc) is 3.15. The van der Waals surface area contributed by atoms with E-state index in [0.717, 1.165) is 43.0 Å². The van der Waals surface area contributed by atoms with Crippen LogP contribution in [-0.2, 0) is 9.47 Å². The standard InChI is InChI=1S/C20H24N4O2/c1-2-10-21-19-22-17(16-6-4-3-5-7-16)15-18(23-19)24-11-8-20(9-12-24)25-13-14-26-20/h2-7,15H,1,8-14H2,(H,21,22,23). The van der Waals surface area contributed by atoms with Gasteiger partial charge < -0.3 is 19.7 Å². The maximum atomic E-state index is 5.83. The highest BCUT2D eigenvalue weighted by molar-refractivity contribution is 5.65. The molecule has 6 heteroatoms. The first-order valence-electron chi connectivity index (χ1n) is 9.10. The van der Waals surface area contributed by atoms with Crippen LogP contribution in [0.2, 0.25) is 0 Å². The normalized spacial score (nSPS) is 18.8. The van der Waals surface area contributed by atoms with E-state index in [4.69, 9.17) is 14.5 Å². The molecule has 0 aliphatic carbocycles. The molecule has 2 aliphatic rings. The van der Waals surface area contributed by atoms with Gasteiger partial charge in [0.1, 0.15) is 5.82 Å². The van der Waals surface area contributed by atoms with Crippen molar-refractivity contribution < 1.29 is 9.47 Å². The monoisotopic (exact) mass is 352 g/mol. The summed E-state index contributed by atoms with van der Waals surface area (Å²) in [6, 6.07) is 12.2. The molecule has 0 atom stereocenters. The van der Waals surface area contributed by atoms with Crippen LogP contribution in [0.25, 0.3) is 11.3 Å². The summed E-state index contributed by atoms with van der Waals surface area (Å²) in [7, 11) is 0. The molecule has 2 fully saturated rings. The maximum absolute atomic E-state index is 5.83. The van der Waals surface area contributed by atoms with Gasteiger partial charge in [-0.2, -0.15) is 4.98 Å². The Balaban J connectivity index is 1.59. The number of piperidine rings is 1. The lowest BCUT2D eigenvalue weighted by atomic mass is 10.0. The van der Waals surface area contributed by atoms with E-state index >= 15 is 0 Å². The summed E-state index contributed by atoms with van der Waals surface area (Å²) >= 11 is 0. The van der Waals surface area contributed by atoms with Crippen LogP contribution in [0.5, 0.6) is 0 Å². The van der Waals surface area contributed by atoms with Crippen LogP contribution >= 0.6 is 0 Å². The van der Waals surface area contributed by atoms with Crippen molar-refractivity contribution in [2.45, 2.75) is 18.6 Å². The molecule has 1 spiro atoms. The number of ether oxygens (including phenoxy) is 2. The molecule has 0 unspecified atom stereocenters.